The number of hydrogen-bond acceptors (Lipinski definition) is 5. The average Bonchev–Trinajstić information content (AvgIpc) is 3.18. The maximum Gasteiger partial charge on any atom is 0.264 e. The van der Waals surface area contributed by atoms with Crippen LogP contribution < -0.4 is 0 Å². The van der Waals surface area contributed by atoms with Gasteiger partial charge in [-0.1, -0.05) is 17.7 Å². The van der Waals surface area contributed by atoms with Crippen LogP contribution in [0.2, 0.25) is 4.34 Å². The third kappa shape index (κ3) is 3.70. The van der Waals surface area contributed by atoms with Crippen LogP contribution in [0.4, 0.5) is 0 Å². The maximum absolute atomic E-state index is 12.3. The van der Waals surface area contributed by atoms with Gasteiger partial charge < -0.3 is 10.0 Å². The molecular weight excluding hydrogens is 340 g/mol. The van der Waals surface area contributed by atoms with Crippen LogP contribution in [0, 0.1) is 0 Å². The summed E-state index contributed by atoms with van der Waals surface area (Å²) in [6.45, 7) is 3.56. The van der Waals surface area contributed by atoms with E-state index in [4.69, 9.17) is 11.6 Å². The van der Waals surface area contributed by atoms with Crippen molar-refractivity contribution in [3.8, 4) is 0 Å². The minimum absolute atomic E-state index is 0.0513. The molecule has 22 heavy (non-hydrogen) atoms. The monoisotopic (exact) mass is 356 g/mol. The van der Waals surface area contributed by atoms with Gasteiger partial charge in [0.1, 0.15) is 6.10 Å². The van der Waals surface area contributed by atoms with Gasteiger partial charge in [-0.25, -0.2) is 0 Å². The number of amides is 1. The fourth-order valence-electron chi connectivity index (χ4n) is 2.53. The number of β-amino-alcohol motifs (C(OH)–C–C–N with tert-alkyl or cyclic N) is 1. The normalized spacial score (nSPS) is 17.6. The Labute approximate surface area is 142 Å². The Morgan fingerprint density at radius 3 is 2.64 bits per heavy atom. The molecular formula is C15H17ClN2O2S2. The lowest BCUT2D eigenvalue weighted by atomic mass is 10.2. The minimum atomic E-state index is -0.446. The first kappa shape index (κ1) is 16.0. The molecule has 3 rings (SSSR count). The van der Waals surface area contributed by atoms with E-state index in [-0.39, 0.29) is 5.91 Å². The molecule has 2 aromatic heterocycles. The van der Waals surface area contributed by atoms with Gasteiger partial charge in [-0.15, -0.1) is 22.7 Å². The molecule has 1 amide bonds. The fourth-order valence-corrected chi connectivity index (χ4v) is 4.25. The second-order valence-electron chi connectivity index (χ2n) is 5.23. The van der Waals surface area contributed by atoms with Crippen LogP contribution in [-0.4, -0.2) is 53.5 Å². The topological polar surface area (TPSA) is 43.8 Å². The van der Waals surface area contributed by atoms with Crippen LogP contribution in [0.25, 0.3) is 0 Å². The first-order chi connectivity index (χ1) is 10.6. The van der Waals surface area contributed by atoms with Gasteiger partial charge in [0.05, 0.1) is 9.21 Å². The van der Waals surface area contributed by atoms with Crippen molar-refractivity contribution in [2.75, 3.05) is 32.7 Å². The Morgan fingerprint density at radius 1 is 1.27 bits per heavy atom. The van der Waals surface area contributed by atoms with Gasteiger partial charge in [-0.05, 0) is 23.6 Å². The highest BCUT2D eigenvalue weighted by Gasteiger charge is 2.24. The van der Waals surface area contributed by atoms with Crippen molar-refractivity contribution in [3.63, 3.8) is 0 Å². The predicted octanol–water partition coefficient (Wildman–Crippen LogP) is 2.95. The number of piperazine rings is 1. The summed E-state index contributed by atoms with van der Waals surface area (Å²) in [4.78, 5) is 18.1. The third-order valence-corrected chi connectivity index (χ3v) is 5.94. The first-order valence-corrected chi connectivity index (χ1v) is 9.19. The largest absolute Gasteiger partial charge is 0.386 e. The van der Waals surface area contributed by atoms with E-state index in [1.807, 2.05) is 22.4 Å². The molecule has 118 valence electrons. The Hall–Kier alpha value is -0.920. The molecule has 0 aliphatic carbocycles. The number of aliphatic hydroxyl groups is 1. The Kier molecular flexibility index (Phi) is 5.15. The molecule has 2 aromatic rings. The van der Waals surface area contributed by atoms with E-state index in [2.05, 4.69) is 4.90 Å². The van der Waals surface area contributed by atoms with E-state index in [1.165, 1.54) is 11.3 Å². The van der Waals surface area contributed by atoms with Crippen molar-refractivity contribution >= 4 is 40.2 Å². The van der Waals surface area contributed by atoms with Gasteiger partial charge in [0.2, 0.25) is 0 Å². The van der Waals surface area contributed by atoms with E-state index in [0.29, 0.717) is 28.8 Å². The van der Waals surface area contributed by atoms with Gasteiger partial charge in [-0.2, -0.15) is 0 Å². The van der Waals surface area contributed by atoms with Gasteiger partial charge in [0.25, 0.3) is 5.91 Å². The molecule has 1 aliphatic heterocycles. The number of rotatable bonds is 4. The van der Waals surface area contributed by atoms with Crippen molar-refractivity contribution in [2.24, 2.45) is 0 Å². The molecule has 3 heterocycles. The summed E-state index contributed by atoms with van der Waals surface area (Å²) in [5, 5.41) is 12.2. The highest BCUT2D eigenvalue weighted by atomic mass is 35.5. The number of carbonyl (C=O) groups excluding carboxylic acids is 1. The standard InChI is InChI=1S/C15H17ClN2O2S2/c16-14-4-3-13(22-14)15(20)18-7-5-17(6-8-18)10-11(19)12-2-1-9-21-12/h1-4,9,11,19H,5-8,10H2. The van der Waals surface area contributed by atoms with Gasteiger partial charge in [0.15, 0.2) is 0 Å². The number of nitrogens with zero attached hydrogens (tertiary/aromatic N) is 2. The molecule has 1 fully saturated rings. The highest BCUT2D eigenvalue weighted by molar-refractivity contribution is 7.18. The van der Waals surface area contributed by atoms with Crippen LogP contribution >= 0.6 is 34.3 Å². The van der Waals surface area contributed by atoms with Crippen molar-refractivity contribution < 1.29 is 9.90 Å². The lowest BCUT2D eigenvalue weighted by Gasteiger charge is -2.35. The maximum atomic E-state index is 12.3. The first-order valence-electron chi connectivity index (χ1n) is 7.12. The Balaban J connectivity index is 1.51. The molecule has 1 unspecified atom stereocenters. The van der Waals surface area contributed by atoms with Gasteiger partial charge in [0, 0.05) is 37.6 Å². The van der Waals surface area contributed by atoms with E-state index in [1.54, 1.807) is 23.5 Å². The fraction of sp³-hybridized carbons (Fsp3) is 0.400. The van der Waals surface area contributed by atoms with Crippen molar-refractivity contribution in [2.45, 2.75) is 6.10 Å². The molecule has 0 aromatic carbocycles. The van der Waals surface area contributed by atoms with E-state index < -0.39 is 6.10 Å². The summed E-state index contributed by atoms with van der Waals surface area (Å²) in [5.41, 5.74) is 0. The highest BCUT2D eigenvalue weighted by Crippen LogP contribution is 2.24. The van der Waals surface area contributed by atoms with Crippen LogP contribution in [0.1, 0.15) is 20.7 Å². The lowest BCUT2D eigenvalue weighted by Crippen LogP contribution is -2.49. The van der Waals surface area contributed by atoms with Crippen molar-refractivity contribution in [1.29, 1.82) is 0 Å². The third-order valence-electron chi connectivity index (χ3n) is 3.75. The average molecular weight is 357 g/mol. The molecule has 1 aliphatic rings. The van der Waals surface area contributed by atoms with E-state index >= 15 is 0 Å². The number of carbonyl (C=O) groups is 1. The molecule has 0 radical (unpaired) electrons. The molecule has 1 saturated heterocycles. The molecule has 1 N–H and O–H groups in total. The van der Waals surface area contributed by atoms with Crippen LogP contribution in [0.3, 0.4) is 0 Å². The second kappa shape index (κ2) is 7.10. The number of halogens is 1. The Bertz CT molecular complexity index is 621. The molecule has 4 nitrogen and oxygen atoms in total. The van der Waals surface area contributed by atoms with Gasteiger partial charge >= 0.3 is 0 Å². The number of thiophene rings is 2. The smallest absolute Gasteiger partial charge is 0.264 e. The molecule has 0 spiro atoms. The van der Waals surface area contributed by atoms with Gasteiger partial charge in [-0.3, -0.25) is 9.69 Å². The van der Waals surface area contributed by atoms with Crippen molar-refractivity contribution in [1.82, 2.24) is 9.80 Å². The van der Waals surface area contributed by atoms with Crippen molar-refractivity contribution in [3.05, 3.63) is 43.7 Å². The zero-order chi connectivity index (χ0) is 15.5. The number of hydrogen-bond donors (Lipinski definition) is 1. The Morgan fingerprint density at radius 2 is 2.05 bits per heavy atom. The SMILES string of the molecule is O=C(c1ccc(Cl)s1)N1CCN(CC(O)c2cccs2)CC1. The van der Waals surface area contributed by atoms with Crippen LogP contribution in [0.5, 0.6) is 0 Å². The summed E-state index contributed by atoms with van der Waals surface area (Å²) in [5.74, 6) is 0.0513. The zero-order valence-corrected chi connectivity index (χ0v) is 14.3. The number of aliphatic hydroxyl groups excluding tert-OH is 1. The molecule has 0 bridgehead atoms. The summed E-state index contributed by atoms with van der Waals surface area (Å²) >= 11 is 8.78. The van der Waals surface area contributed by atoms with E-state index in [0.717, 1.165) is 18.0 Å². The molecule has 7 heteroatoms. The second-order valence-corrected chi connectivity index (χ2v) is 7.92. The minimum Gasteiger partial charge on any atom is -0.386 e. The summed E-state index contributed by atoms with van der Waals surface area (Å²) in [6, 6.07) is 7.44. The zero-order valence-electron chi connectivity index (χ0n) is 11.9. The summed E-state index contributed by atoms with van der Waals surface area (Å²) in [7, 11) is 0. The van der Waals surface area contributed by atoms with Crippen LogP contribution in [0.15, 0.2) is 29.6 Å². The predicted molar refractivity (Wildman–Crippen MR) is 91.0 cm³/mol. The quantitative estimate of drug-likeness (QED) is 0.916. The molecule has 1 atom stereocenters. The molecule has 0 saturated carbocycles. The van der Waals surface area contributed by atoms with Crippen LogP contribution in [-0.2, 0) is 0 Å². The lowest BCUT2D eigenvalue weighted by molar-refractivity contribution is 0.0536. The summed E-state index contributed by atoms with van der Waals surface area (Å²) in [6.07, 6.45) is -0.446. The summed E-state index contributed by atoms with van der Waals surface area (Å²) < 4.78 is 0.640. The van der Waals surface area contributed by atoms with E-state index in [9.17, 15) is 9.90 Å².